The lowest BCUT2D eigenvalue weighted by Gasteiger charge is -2.14. The molecule has 0 bridgehead atoms. The van der Waals surface area contributed by atoms with Gasteiger partial charge < -0.3 is 5.73 Å². The van der Waals surface area contributed by atoms with Crippen molar-refractivity contribution in [3.05, 3.63) is 11.4 Å². The van der Waals surface area contributed by atoms with E-state index in [2.05, 4.69) is 23.1 Å². The molecule has 0 aliphatic carbocycles. The maximum atomic E-state index is 11.2. The number of allylic oxidation sites excluding steroid dienone is 2. The zero-order valence-corrected chi connectivity index (χ0v) is 8.94. The molecule has 0 fully saturated rings. The normalized spacial score (nSPS) is 16.4. The second kappa shape index (κ2) is 4.19. The highest BCUT2D eigenvalue weighted by molar-refractivity contribution is 7.80. The van der Waals surface area contributed by atoms with Crippen LogP contribution < -0.4 is 16.6 Å². The largest absolute Gasteiger partial charge is 0.375 e. The summed E-state index contributed by atoms with van der Waals surface area (Å²) in [6.07, 6.45) is 1.90. The van der Waals surface area contributed by atoms with E-state index in [1.54, 1.807) is 10.8 Å². The summed E-state index contributed by atoms with van der Waals surface area (Å²) in [5, 5.41) is 0.148. The minimum absolute atomic E-state index is 0.0466. The van der Waals surface area contributed by atoms with Crippen LogP contribution in [0, 0.1) is 0 Å². The Labute approximate surface area is 87.6 Å². The van der Waals surface area contributed by atoms with Crippen molar-refractivity contribution in [2.24, 2.45) is 5.73 Å². The van der Waals surface area contributed by atoms with Crippen LogP contribution in [-0.4, -0.2) is 28.7 Å². The van der Waals surface area contributed by atoms with E-state index in [0.29, 0.717) is 6.42 Å². The molecular formula is C8H13N4OS+. The number of hydrogen-bond donors (Lipinski definition) is 3. The third-order valence-electron chi connectivity index (χ3n) is 1.99. The third-order valence-corrected chi connectivity index (χ3v) is 2.09. The molecular weight excluding hydrogens is 200 g/mol. The average Bonchev–Trinajstić information content (AvgIpc) is 2.08. The lowest BCUT2D eigenvalue weighted by Crippen LogP contribution is -2.42. The van der Waals surface area contributed by atoms with Gasteiger partial charge in [-0.15, -0.1) is 0 Å². The van der Waals surface area contributed by atoms with Gasteiger partial charge in [0, 0.05) is 6.92 Å². The van der Waals surface area contributed by atoms with Crippen molar-refractivity contribution in [3.63, 3.8) is 0 Å². The number of rotatable bonds is 2. The molecule has 0 radical (unpaired) electrons. The standard InChI is InChI=1S/C8H12N4OS/c1-5-7(10-11-8(9)14)3-6(13)4-12(5)2/h4H,3H2,1-2H3,(H3,9,13,14)/p+1. The lowest BCUT2D eigenvalue weighted by molar-refractivity contribution is -0.440. The highest BCUT2D eigenvalue weighted by Crippen LogP contribution is 2.09. The van der Waals surface area contributed by atoms with E-state index in [1.165, 1.54) is 0 Å². The van der Waals surface area contributed by atoms with E-state index in [9.17, 15) is 4.79 Å². The number of Topliss-reactive ketones (excluding diaryl/α,β-unsaturated/α-hetero) is 1. The van der Waals surface area contributed by atoms with Crippen LogP contribution in [0.4, 0.5) is 0 Å². The average molecular weight is 213 g/mol. The topological polar surface area (TPSA) is 70.2 Å². The molecule has 6 heteroatoms. The Morgan fingerprint density at radius 1 is 1.71 bits per heavy atom. The first-order valence-electron chi connectivity index (χ1n) is 4.12. The van der Waals surface area contributed by atoms with Crippen LogP contribution in [0.3, 0.4) is 0 Å². The van der Waals surface area contributed by atoms with E-state index in [0.717, 1.165) is 11.4 Å². The van der Waals surface area contributed by atoms with Crippen molar-refractivity contribution < 1.29 is 9.37 Å². The van der Waals surface area contributed by atoms with Crippen molar-refractivity contribution in [2.75, 3.05) is 7.05 Å². The summed E-state index contributed by atoms with van der Waals surface area (Å²) >= 11 is 4.64. The van der Waals surface area contributed by atoms with E-state index in [4.69, 9.17) is 5.73 Å². The van der Waals surface area contributed by atoms with Gasteiger partial charge in [0.15, 0.2) is 10.8 Å². The van der Waals surface area contributed by atoms with Gasteiger partial charge in [0.1, 0.15) is 12.7 Å². The number of carbonyl (C=O) groups is 1. The molecule has 0 unspecified atom stereocenters. The summed E-state index contributed by atoms with van der Waals surface area (Å²) in [5.41, 5.74) is 12.4. The van der Waals surface area contributed by atoms with Gasteiger partial charge in [-0.05, 0) is 12.2 Å². The Kier molecular flexibility index (Phi) is 3.19. The molecule has 0 saturated carbocycles. The van der Waals surface area contributed by atoms with Crippen LogP contribution in [-0.2, 0) is 4.79 Å². The van der Waals surface area contributed by atoms with Gasteiger partial charge in [0.2, 0.25) is 12.0 Å². The quantitative estimate of drug-likeness (QED) is 0.319. The molecule has 0 aromatic rings. The van der Waals surface area contributed by atoms with Crippen LogP contribution in [0.2, 0.25) is 0 Å². The van der Waals surface area contributed by atoms with Crippen LogP contribution in [0.5, 0.6) is 0 Å². The summed E-state index contributed by atoms with van der Waals surface area (Å²) in [6.45, 7) is 1.91. The fourth-order valence-corrected chi connectivity index (χ4v) is 1.20. The molecule has 0 aromatic carbocycles. The van der Waals surface area contributed by atoms with Gasteiger partial charge in [-0.25, -0.2) is 4.58 Å². The Bertz CT molecular complexity index is 345. The Balaban J connectivity index is 2.75. The van der Waals surface area contributed by atoms with Gasteiger partial charge in [-0.1, -0.05) is 0 Å². The van der Waals surface area contributed by atoms with E-state index in [1.807, 2.05) is 14.0 Å². The third kappa shape index (κ3) is 2.53. The molecule has 1 heterocycles. The second-order valence-electron chi connectivity index (χ2n) is 3.06. The van der Waals surface area contributed by atoms with Gasteiger partial charge in [-0.2, -0.15) is 0 Å². The number of ketones is 1. The molecule has 0 amide bonds. The molecule has 0 saturated heterocycles. The predicted octanol–water partition coefficient (Wildman–Crippen LogP) is -0.758. The van der Waals surface area contributed by atoms with Crippen molar-refractivity contribution in [1.29, 1.82) is 0 Å². The predicted molar refractivity (Wildman–Crippen MR) is 57.6 cm³/mol. The maximum absolute atomic E-state index is 11.2. The molecule has 1 aliphatic heterocycles. The highest BCUT2D eigenvalue weighted by atomic mass is 32.1. The van der Waals surface area contributed by atoms with E-state index >= 15 is 0 Å². The molecule has 0 aromatic heterocycles. The zero-order valence-electron chi connectivity index (χ0n) is 8.13. The number of hydrazine groups is 1. The van der Waals surface area contributed by atoms with Gasteiger partial charge >= 0.3 is 0 Å². The fraction of sp³-hybridized carbons (Fsp3) is 0.375. The van der Waals surface area contributed by atoms with Gasteiger partial charge in [0.05, 0.1) is 6.42 Å². The molecule has 0 spiro atoms. The smallest absolute Gasteiger partial charge is 0.224 e. The van der Waals surface area contributed by atoms with Gasteiger partial charge in [0.25, 0.3) is 0 Å². The summed E-state index contributed by atoms with van der Waals surface area (Å²) in [6, 6.07) is 0. The van der Waals surface area contributed by atoms with Crippen molar-refractivity contribution >= 4 is 29.3 Å². The SMILES string of the molecule is CC1=C(NNC(N)=S)CC(=O)C=[N+]1C. The first-order chi connectivity index (χ1) is 6.50. The van der Waals surface area contributed by atoms with E-state index in [-0.39, 0.29) is 10.9 Å². The van der Waals surface area contributed by atoms with E-state index < -0.39 is 0 Å². The Morgan fingerprint density at radius 3 is 2.93 bits per heavy atom. The second-order valence-corrected chi connectivity index (χ2v) is 3.50. The van der Waals surface area contributed by atoms with Crippen molar-refractivity contribution in [2.45, 2.75) is 13.3 Å². The lowest BCUT2D eigenvalue weighted by atomic mass is 10.1. The number of nitrogens with zero attached hydrogens (tertiary/aromatic N) is 1. The fourth-order valence-electron chi connectivity index (χ4n) is 1.15. The number of carbonyl (C=O) groups excluding carboxylic acids is 1. The molecule has 4 N–H and O–H groups in total. The van der Waals surface area contributed by atoms with Crippen molar-refractivity contribution in [3.8, 4) is 0 Å². The minimum Gasteiger partial charge on any atom is -0.375 e. The monoisotopic (exact) mass is 213 g/mol. The molecule has 1 aliphatic rings. The van der Waals surface area contributed by atoms with Crippen LogP contribution in [0.25, 0.3) is 0 Å². The number of nitrogens with two attached hydrogens (primary N) is 1. The molecule has 5 nitrogen and oxygen atoms in total. The first-order valence-corrected chi connectivity index (χ1v) is 4.53. The Hall–Kier alpha value is -1.43. The summed E-state index contributed by atoms with van der Waals surface area (Å²) < 4.78 is 1.76. The number of hydrogen-bond acceptors (Lipinski definition) is 3. The number of thiocarbonyl (C=S) groups is 1. The Morgan fingerprint density at radius 2 is 2.36 bits per heavy atom. The molecule has 1 rings (SSSR count). The van der Waals surface area contributed by atoms with Crippen molar-refractivity contribution in [1.82, 2.24) is 10.9 Å². The summed E-state index contributed by atoms with van der Waals surface area (Å²) in [4.78, 5) is 11.2. The molecule has 14 heavy (non-hydrogen) atoms. The highest BCUT2D eigenvalue weighted by Gasteiger charge is 2.21. The minimum atomic E-state index is 0.0466. The molecule has 0 atom stereocenters. The maximum Gasteiger partial charge on any atom is 0.224 e. The summed E-state index contributed by atoms with van der Waals surface area (Å²) in [7, 11) is 1.81. The molecule has 76 valence electrons. The van der Waals surface area contributed by atoms with Crippen LogP contribution >= 0.6 is 12.2 Å². The summed E-state index contributed by atoms with van der Waals surface area (Å²) in [5.74, 6) is 0.0466. The van der Waals surface area contributed by atoms with Gasteiger partial charge in [-0.3, -0.25) is 15.6 Å². The van der Waals surface area contributed by atoms with Crippen LogP contribution in [0.1, 0.15) is 13.3 Å². The van der Waals surface area contributed by atoms with Crippen LogP contribution in [0.15, 0.2) is 11.4 Å². The first kappa shape index (κ1) is 10.6. The number of nitrogens with one attached hydrogen (secondary N) is 2. The zero-order chi connectivity index (χ0) is 10.7.